The van der Waals surface area contributed by atoms with Gasteiger partial charge < -0.3 is 9.47 Å². The molecule has 2 saturated carbocycles. The van der Waals surface area contributed by atoms with Gasteiger partial charge in [-0.05, 0) is 80.5 Å². The Balaban J connectivity index is 1.47. The summed E-state index contributed by atoms with van der Waals surface area (Å²) >= 11 is 0. The predicted octanol–water partition coefficient (Wildman–Crippen LogP) is 7.01. The van der Waals surface area contributed by atoms with Gasteiger partial charge in [0.15, 0.2) is 0 Å². The Morgan fingerprint density at radius 1 is 1.03 bits per heavy atom. The molecule has 0 radical (unpaired) electrons. The van der Waals surface area contributed by atoms with Crippen LogP contribution in [0.25, 0.3) is 0 Å². The topological polar surface area (TPSA) is 35.5 Å². The minimum absolute atomic E-state index is 0.202. The lowest BCUT2D eigenvalue weighted by atomic mass is 9.70. The number of hydrogen-bond donors (Lipinski definition) is 0. The molecule has 0 unspecified atom stereocenters. The molecule has 2 aliphatic carbocycles. The Bertz CT molecular complexity index is 685. The fourth-order valence-electron chi connectivity index (χ4n) is 5.19. The highest BCUT2D eigenvalue weighted by Gasteiger charge is 2.38. The molecular weight excluding hydrogens is 386 g/mol. The van der Waals surface area contributed by atoms with E-state index in [1.165, 1.54) is 62.8 Å². The monoisotopic (exact) mass is 420 g/mol. The summed E-state index contributed by atoms with van der Waals surface area (Å²) in [6.07, 6.45) is 8.54. The van der Waals surface area contributed by atoms with Crippen molar-refractivity contribution in [3.63, 3.8) is 0 Å². The number of esters is 1. The van der Waals surface area contributed by atoms with Crippen molar-refractivity contribution in [3.8, 4) is 5.75 Å². The molecule has 1 aromatic rings. The average molecular weight is 421 g/mol. The molecule has 2 fully saturated rings. The summed E-state index contributed by atoms with van der Waals surface area (Å²) in [5.41, 5.74) is -0.225. The van der Waals surface area contributed by atoms with Crippen LogP contribution in [-0.4, -0.2) is 12.1 Å². The highest BCUT2D eigenvalue weighted by Crippen LogP contribution is 2.43. The van der Waals surface area contributed by atoms with Crippen LogP contribution in [0.2, 0.25) is 0 Å². The van der Waals surface area contributed by atoms with Gasteiger partial charge in [0.2, 0.25) is 0 Å². The zero-order valence-electron chi connectivity index (χ0n) is 18.0. The maximum absolute atomic E-state index is 14.6. The summed E-state index contributed by atoms with van der Waals surface area (Å²) < 4.78 is 39.4. The van der Waals surface area contributed by atoms with Crippen LogP contribution in [0.3, 0.4) is 0 Å². The van der Waals surface area contributed by atoms with Crippen LogP contribution >= 0.6 is 0 Å². The van der Waals surface area contributed by atoms with E-state index >= 15 is 0 Å². The number of halogens is 2. The summed E-state index contributed by atoms with van der Waals surface area (Å²) in [4.78, 5) is 11.2. The van der Waals surface area contributed by atoms with E-state index in [-0.39, 0.29) is 11.3 Å². The number of alkyl halides is 2. The van der Waals surface area contributed by atoms with E-state index in [0.717, 1.165) is 30.8 Å². The molecule has 166 valence electrons. The molecule has 2 aliphatic rings. The zero-order chi connectivity index (χ0) is 21.6. The highest BCUT2D eigenvalue weighted by atomic mass is 19.3. The van der Waals surface area contributed by atoms with Crippen LogP contribution in [0.15, 0.2) is 36.9 Å². The Hall–Kier alpha value is -1.75. The van der Waals surface area contributed by atoms with E-state index in [1.807, 2.05) is 0 Å². The number of rotatable bonds is 8. The smallest absolute Gasteiger partial charge is 0.383 e. The van der Waals surface area contributed by atoms with Crippen molar-refractivity contribution in [3.05, 3.63) is 42.5 Å². The molecule has 0 saturated heterocycles. The second-order valence-corrected chi connectivity index (χ2v) is 8.89. The lowest BCUT2D eigenvalue weighted by Crippen LogP contribution is -2.32. The molecule has 3 rings (SSSR count). The van der Waals surface area contributed by atoms with Crippen molar-refractivity contribution in [2.75, 3.05) is 0 Å². The van der Waals surface area contributed by atoms with Crippen LogP contribution in [0.4, 0.5) is 8.78 Å². The largest absolute Gasteiger partial charge is 0.423 e. The first-order valence-corrected chi connectivity index (χ1v) is 11.4. The van der Waals surface area contributed by atoms with Gasteiger partial charge >= 0.3 is 12.1 Å². The van der Waals surface area contributed by atoms with Crippen molar-refractivity contribution < 1.29 is 23.0 Å². The average Bonchev–Trinajstić information content (AvgIpc) is 2.75. The lowest BCUT2D eigenvalue weighted by Gasteiger charge is -2.38. The van der Waals surface area contributed by atoms with Gasteiger partial charge in [-0.1, -0.05) is 39.2 Å². The van der Waals surface area contributed by atoms with Crippen LogP contribution in [0.5, 0.6) is 5.75 Å². The fourth-order valence-corrected chi connectivity index (χ4v) is 5.19. The van der Waals surface area contributed by atoms with Gasteiger partial charge in [0.25, 0.3) is 0 Å². The molecule has 30 heavy (non-hydrogen) atoms. The number of carbonyl (C=O) groups is 1. The molecular formula is C25H34F2O3. The third-order valence-electron chi connectivity index (χ3n) is 6.86. The number of benzene rings is 1. The SMILES string of the molecule is C=CC(=O)Oc1ccc(C(F)(F)OC2CCC(C3CCC(CCC)CC3)CC2)cc1. The maximum Gasteiger partial charge on any atom is 0.383 e. The van der Waals surface area contributed by atoms with Crippen molar-refractivity contribution in [2.45, 2.75) is 83.3 Å². The molecule has 0 aromatic heterocycles. The normalized spacial score (nSPS) is 27.4. The Morgan fingerprint density at radius 3 is 2.13 bits per heavy atom. The van der Waals surface area contributed by atoms with Crippen molar-refractivity contribution in [1.82, 2.24) is 0 Å². The van der Waals surface area contributed by atoms with E-state index in [1.54, 1.807) is 0 Å². The summed E-state index contributed by atoms with van der Waals surface area (Å²) in [7, 11) is 0. The van der Waals surface area contributed by atoms with Gasteiger partial charge in [-0.2, -0.15) is 8.78 Å². The molecule has 0 heterocycles. The number of carbonyl (C=O) groups excluding carboxylic acids is 1. The van der Waals surface area contributed by atoms with E-state index in [4.69, 9.17) is 9.47 Å². The van der Waals surface area contributed by atoms with Crippen molar-refractivity contribution >= 4 is 5.97 Å². The van der Waals surface area contributed by atoms with Crippen LogP contribution in [0, 0.1) is 17.8 Å². The summed E-state index contributed by atoms with van der Waals surface area (Å²) in [5, 5.41) is 0. The van der Waals surface area contributed by atoms with E-state index in [2.05, 4.69) is 13.5 Å². The van der Waals surface area contributed by atoms with E-state index in [0.29, 0.717) is 18.8 Å². The predicted molar refractivity (Wildman–Crippen MR) is 113 cm³/mol. The van der Waals surface area contributed by atoms with E-state index in [9.17, 15) is 13.6 Å². The Morgan fingerprint density at radius 2 is 1.60 bits per heavy atom. The van der Waals surface area contributed by atoms with Gasteiger partial charge in [-0.25, -0.2) is 4.79 Å². The van der Waals surface area contributed by atoms with Crippen molar-refractivity contribution in [1.29, 1.82) is 0 Å². The Kier molecular flexibility index (Phi) is 8.04. The van der Waals surface area contributed by atoms with Crippen LogP contribution < -0.4 is 4.74 Å². The molecule has 0 N–H and O–H groups in total. The number of hydrogen-bond acceptors (Lipinski definition) is 3. The quantitative estimate of drug-likeness (QED) is 0.258. The number of ether oxygens (including phenoxy) is 2. The molecule has 3 nitrogen and oxygen atoms in total. The fraction of sp³-hybridized carbons (Fsp3) is 0.640. The minimum Gasteiger partial charge on any atom is -0.423 e. The summed E-state index contributed by atoms with van der Waals surface area (Å²) in [5.74, 6) is 1.91. The second kappa shape index (κ2) is 10.5. The second-order valence-electron chi connectivity index (χ2n) is 8.89. The molecule has 0 aliphatic heterocycles. The lowest BCUT2D eigenvalue weighted by molar-refractivity contribution is -0.278. The van der Waals surface area contributed by atoms with Gasteiger partial charge in [0.1, 0.15) is 5.75 Å². The van der Waals surface area contributed by atoms with Gasteiger partial charge in [0.05, 0.1) is 11.7 Å². The molecule has 0 spiro atoms. The first-order chi connectivity index (χ1) is 14.4. The molecule has 5 heteroatoms. The molecule has 0 atom stereocenters. The van der Waals surface area contributed by atoms with Crippen molar-refractivity contribution in [2.24, 2.45) is 17.8 Å². The maximum atomic E-state index is 14.6. The van der Waals surface area contributed by atoms with E-state index < -0.39 is 18.2 Å². The Labute approximate surface area is 178 Å². The van der Waals surface area contributed by atoms with Gasteiger partial charge in [-0.3, -0.25) is 0 Å². The van der Waals surface area contributed by atoms with Crippen LogP contribution in [-0.2, 0) is 15.6 Å². The third kappa shape index (κ3) is 6.13. The first kappa shape index (κ1) is 22.9. The van der Waals surface area contributed by atoms with Crippen LogP contribution in [0.1, 0.15) is 76.7 Å². The summed E-state index contributed by atoms with van der Waals surface area (Å²) in [6.45, 7) is 5.57. The first-order valence-electron chi connectivity index (χ1n) is 11.4. The third-order valence-corrected chi connectivity index (χ3v) is 6.86. The standard InChI is InChI=1S/C25H34F2O3/c1-3-5-18-6-8-19(9-7-18)20-10-14-23(15-11-20)30-25(26,27)21-12-16-22(17-13-21)29-24(28)4-2/h4,12-13,16-20,23H,2-3,5-11,14-15H2,1H3. The molecule has 0 bridgehead atoms. The molecule has 1 aromatic carbocycles. The van der Waals surface area contributed by atoms with Gasteiger partial charge in [0, 0.05) is 6.08 Å². The highest BCUT2D eigenvalue weighted by molar-refractivity contribution is 5.83. The minimum atomic E-state index is -3.35. The van der Waals surface area contributed by atoms with Gasteiger partial charge in [-0.15, -0.1) is 0 Å². The summed E-state index contributed by atoms with van der Waals surface area (Å²) in [6, 6.07) is 5.18. The zero-order valence-corrected chi connectivity index (χ0v) is 18.0. The molecule has 0 amide bonds.